The molecule has 0 amide bonds. The summed E-state index contributed by atoms with van der Waals surface area (Å²) in [6.07, 6.45) is 5.54. The fourth-order valence-electron chi connectivity index (χ4n) is 6.17. The maximum Gasteiger partial charge on any atom is 0.129 e. The van der Waals surface area contributed by atoms with Crippen molar-refractivity contribution in [3.05, 3.63) is 29.8 Å². The second-order valence-electron chi connectivity index (χ2n) is 10.1. The van der Waals surface area contributed by atoms with Crippen LogP contribution >= 0.6 is 0 Å². The van der Waals surface area contributed by atoms with Crippen LogP contribution in [0, 0.1) is 17.8 Å². The van der Waals surface area contributed by atoms with Gasteiger partial charge in [-0.05, 0) is 79.8 Å². The quantitative estimate of drug-likeness (QED) is 0.760. The van der Waals surface area contributed by atoms with Crippen molar-refractivity contribution in [2.45, 2.75) is 58.1 Å². The third kappa shape index (κ3) is 3.91. The van der Waals surface area contributed by atoms with Gasteiger partial charge in [-0.15, -0.1) is 0 Å². The number of ether oxygens (including phenoxy) is 1. The molecule has 4 saturated heterocycles. The van der Waals surface area contributed by atoms with Gasteiger partial charge in [0, 0.05) is 31.1 Å². The summed E-state index contributed by atoms with van der Waals surface area (Å²) in [6, 6.07) is 8.44. The van der Waals surface area contributed by atoms with Gasteiger partial charge in [0.25, 0.3) is 0 Å². The van der Waals surface area contributed by atoms with Gasteiger partial charge in [-0.25, -0.2) is 4.98 Å². The standard InChI is InChI=1S/C26H37N3O2/c1-4-18-16-29-12-9-19(18)13-24(29)26(30)22-15-25(28-10-7-17(2)8-11-28)27-23-6-5-20(31-3)14-21(22)23/h5-6,14-15,17-19,24,26,30H,4,7-13,16H2,1-3H3/t18-,19-,24-,26+/m0/s1. The normalized spacial score (nSPS) is 30.0. The van der Waals surface area contributed by atoms with Gasteiger partial charge in [0.05, 0.1) is 18.7 Å². The largest absolute Gasteiger partial charge is 0.497 e. The van der Waals surface area contributed by atoms with Crippen molar-refractivity contribution in [1.29, 1.82) is 0 Å². The number of fused-ring (bicyclic) bond motifs is 4. The van der Waals surface area contributed by atoms with Crippen molar-refractivity contribution in [2.75, 3.05) is 38.2 Å². The van der Waals surface area contributed by atoms with Gasteiger partial charge in [-0.2, -0.15) is 0 Å². The lowest BCUT2D eigenvalue weighted by atomic mass is 9.72. The number of rotatable bonds is 5. The average molecular weight is 424 g/mol. The van der Waals surface area contributed by atoms with Gasteiger partial charge in [0.15, 0.2) is 0 Å². The highest BCUT2D eigenvalue weighted by Gasteiger charge is 2.42. The maximum absolute atomic E-state index is 11.7. The minimum absolute atomic E-state index is 0.201. The molecule has 1 unspecified atom stereocenters. The number of anilines is 1. The van der Waals surface area contributed by atoms with Crippen LogP contribution in [0.5, 0.6) is 5.75 Å². The van der Waals surface area contributed by atoms with Crippen LogP contribution in [0.4, 0.5) is 5.82 Å². The van der Waals surface area contributed by atoms with Crippen LogP contribution in [-0.2, 0) is 0 Å². The molecule has 5 nitrogen and oxygen atoms in total. The van der Waals surface area contributed by atoms with Crippen molar-refractivity contribution >= 4 is 16.7 Å². The Morgan fingerprint density at radius 2 is 1.97 bits per heavy atom. The predicted octanol–water partition coefficient (Wildman–Crippen LogP) is 4.63. The molecular weight excluding hydrogens is 386 g/mol. The van der Waals surface area contributed by atoms with Crippen LogP contribution in [0.2, 0.25) is 0 Å². The number of nitrogens with zero attached hydrogens (tertiary/aromatic N) is 3. The van der Waals surface area contributed by atoms with Gasteiger partial charge in [-0.1, -0.05) is 20.3 Å². The molecule has 1 aromatic heterocycles. The number of aliphatic hydroxyl groups excluding tert-OH is 1. The van der Waals surface area contributed by atoms with Crippen molar-refractivity contribution in [3.63, 3.8) is 0 Å². The predicted molar refractivity (Wildman–Crippen MR) is 126 cm³/mol. The molecule has 31 heavy (non-hydrogen) atoms. The fourth-order valence-corrected chi connectivity index (χ4v) is 6.17. The first-order chi connectivity index (χ1) is 15.1. The molecule has 0 radical (unpaired) electrons. The van der Waals surface area contributed by atoms with Gasteiger partial charge in [0.2, 0.25) is 0 Å². The number of aromatic nitrogens is 1. The molecule has 4 aliphatic heterocycles. The van der Waals surface area contributed by atoms with Crippen LogP contribution in [0.3, 0.4) is 0 Å². The van der Waals surface area contributed by atoms with E-state index in [0.29, 0.717) is 0 Å². The molecule has 168 valence electrons. The molecule has 4 fully saturated rings. The highest BCUT2D eigenvalue weighted by Crippen LogP contribution is 2.43. The summed E-state index contributed by atoms with van der Waals surface area (Å²) in [5.41, 5.74) is 1.97. The Kier molecular flexibility index (Phi) is 5.82. The van der Waals surface area contributed by atoms with E-state index in [1.807, 2.05) is 18.2 Å². The van der Waals surface area contributed by atoms with Crippen molar-refractivity contribution < 1.29 is 9.84 Å². The molecule has 4 aliphatic rings. The van der Waals surface area contributed by atoms with Gasteiger partial charge >= 0.3 is 0 Å². The van der Waals surface area contributed by atoms with Crippen molar-refractivity contribution in [1.82, 2.24) is 9.88 Å². The Morgan fingerprint density at radius 3 is 2.65 bits per heavy atom. The SMILES string of the molecule is CC[C@H]1CN2CC[C@H]1C[C@H]2[C@H](O)c1cc(N2CCC(C)CC2)nc2ccc(OC)cc12. The van der Waals surface area contributed by atoms with E-state index in [1.54, 1.807) is 7.11 Å². The Labute approximate surface area is 186 Å². The molecule has 5 atom stereocenters. The Hall–Kier alpha value is -1.85. The highest BCUT2D eigenvalue weighted by molar-refractivity contribution is 5.86. The summed E-state index contributed by atoms with van der Waals surface area (Å²) in [5, 5.41) is 12.7. The summed E-state index contributed by atoms with van der Waals surface area (Å²) >= 11 is 0. The van der Waals surface area contributed by atoms with E-state index in [1.165, 1.54) is 25.7 Å². The molecular formula is C26H37N3O2. The maximum atomic E-state index is 11.7. The fraction of sp³-hybridized carbons (Fsp3) is 0.654. The summed E-state index contributed by atoms with van der Waals surface area (Å²) in [7, 11) is 1.70. The second kappa shape index (κ2) is 8.59. The van der Waals surface area contributed by atoms with Crippen molar-refractivity contribution in [2.24, 2.45) is 17.8 Å². The van der Waals surface area contributed by atoms with E-state index in [2.05, 4.69) is 29.7 Å². The summed E-state index contributed by atoms with van der Waals surface area (Å²) < 4.78 is 5.51. The number of piperidine rings is 4. The summed E-state index contributed by atoms with van der Waals surface area (Å²) in [6.45, 7) is 8.98. The average Bonchev–Trinajstić information content (AvgIpc) is 2.83. The monoisotopic (exact) mass is 423 g/mol. The number of hydrogen-bond donors (Lipinski definition) is 1. The van der Waals surface area contributed by atoms with Crippen molar-refractivity contribution in [3.8, 4) is 5.75 Å². The van der Waals surface area contributed by atoms with Crippen LogP contribution < -0.4 is 9.64 Å². The van der Waals surface area contributed by atoms with E-state index >= 15 is 0 Å². The lowest BCUT2D eigenvalue weighted by Gasteiger charge is -2.51. The van der Waals surface area contributed by atoms with Gasteiger partial charge < -0.3 is 14.7 Å². The summed E-state index contributed by atoms with van der Waals surface area (Å²) in [4.78, 5) is 9.96. The number of pyridine rings is 1. The molecule has 0 aliphatic carbocycles. The first-order valence-electron chi connectivity index (χ1n) is 12.2. The third-order valence-electron chi connectivity index (χ3n) is 8.29. The second-order valence-corrected chi connectivity index (χ2v) is 10.1. The van der Waals surface area contributed by atoms with Crippen LogP contribution in [0.15, 0.2) is 24.3 Å². The zero-order valence-corrected chi connectivity index (χ0v) is 19.3. The lowest BCUT2D eigenvalue weighted by molar-refractivity contribution is -0.0562. The number of aliphatic hydroxyl groups is 1. The zero-order chi connectivity index (χ0) is 21.5. The summed E-state index contributed by atoms with van der Waals surface area (Å²) in [5.74, 6) is 4.15. The Bertz CT molecular complexity index is 924. The molecule has 6 rings (SSSR count). The number of benzene rings is 1. The molecule has 5 heterocycles. The van der Waals surface area contributed by atoms with Gasteiger partial charge in [0.1, 0.15) is 11.6 Å². The molecule has 5 heteroatoms. The minimum atomic E-state index is -0.499. The molecule has 2 aromatic rings. The minimum Gasteiger partial charge on any atom is -0.497 e. The highest BCUT2D eigenvalue weighted by atomic mass is 16.5. The van der Waals surface area contributed by atoms with E-state index in [9.17, 15) is 5.11 Å². The first kappa shape index (κ1) is 21.0. The van der Waals surface area contributed by atoms with E-state index in [-0.39, 0.29) is 6.04 Å². The molecule has 1 N–H and O–H groups in total. The smallest absolute Gasteiger partial charge is 0.129 e. The third-order valence-corrected chi connectivity index (χ3v) is 8.29. The Morgan fingerprint density at radius 1 is 1.16 bits per heavy atom. The molecule has 1 aromatic carbocycles. The zero-order valence-electron chi connectivity index (χ0n) is 19.3. The van der Waals surface area contributed by atoms with Crippen LogP contribution in [0.1, 0.15) is 57.6 Å². The van der Waals surface area contributed by atoms with Gasteiger partial charge in [-0.3, -0.25) is 4.90 Å². The Balaban J connectivity index is 1.52. The first-order valence-corrected chi connectivity index (χ1v) is 12.2. The van der Waals surface area contributed by atoms with E-state index in [4.69, 9.17) is 9.72 Å². The van der Waals surface area contributed by atoms with E-state index in [0.717, 1.165) is 78.4 Å². The lowest BCUT2D eigenvalue weighted by Crippen LogP contribution is -2.55. The van der Waals surface area contributed by atoms with E-state index < -0.39 is 6.10 Å². The molecule has 2 bridgehead atoms. The molecule has 0 spiro atoms. The number of methoxy groups -OCH3 is 1. The topological polar surface area (TPSA) is 48.8 Å². The number of hydrogen-bond acceptors (Lipinski definition) is 5. The molecule has 0 saturated carbocycles. The van der Waals surface area contributed by atoms with Crippen LogP contribution in [0.25, 0.3) is 10.9 Å². The van der Waals surface area contributed by atoms with Crippen LogP contribution in [-0.4, -0.2) is 54.3 Å².